The monoisotopic (exact) mass is 442 g/mol. The molecule has 7 heteroatoms. The molecule has 0 fully saturated rings. The molecule has 0 radical (unpaired) electrons. The molecule has 0 N–H and O–H groups in total. The number of hydrogen-bond donors (Lipinski definition) is 0. The molecule has 0 aliphatic heterocycles. The minimum absolute atomic E-state index is 0.109. The lowest BCUT2D eigenvalue weighted by Gasteiger charge is -2.19. The molecule has 0 aliphatic rings. The van der Waals surface area contributed by atoms with Crippen molar-refractivity contribution in [1.82, 2.24) is 9.21 Å². The van der Waals surface area contributed by atoms with Crippen molar-refractivity contribution in [2.24, 2.45) is 0 Å². The molecule has 0 aromatic heterocycles. The SMILES string of the molecule is CN(Cc1ccc(Cl)cc1)C(=O)c1ccc(CN(C)S(=O)(=O)c2ccccc2)cc1. The van der Waals surface area contributed by atoms with Crippen LogP contribution in [-0.2, 0) is 23.1 Å². The summed E-state index contributed by atoms with van der Waals surface area (Å²) in [5.41, 5.74) is 2.33. The molecule has 156 valence electrons. The highest BCUT2D eigenvalue weighted by Crippen LogP contribution is 2.17. The van der Waals surface area contributed by atoms with Gasteiger partial charge in [-0.1, -0.05) is 54.1 Å². The molecule has 0 atom stereocenters. The molecule has 3 aromatic rings. The third kappa shape index (κ3) is 5.27. The summed E-state index contributed by atoms with van der Waals surface area (Å²) < 4.78 is 26.6. The number of hydrogen-bond acceptors (Lipinski definition) is 3. The van der Waals surface area contributed by atoms with Gasteiger partial charge in [-0.15, -0.1) is 0 Å². The summed E-state index contributed by atoms with van der Waals surface area (Å²) in [7, 11) is -0.282. The zero-order valence-corrected chi connectivity index (χ0v) is 18.4. The standard InChI is InChI=1S/C23H23ClN2O3S/c1-25(16-18-10-14-21(24)15-11-18)23(27)20-12-8-19(9-13-20)17-26(2)30(28,29)22-6-4-3-5-7-22/h3-15H,16-17H2,1-2H3. The fourth-order valence-electron chi connectivity index (χ4n) is 3.02. The highest BCUT2D eigenvalue weighted by molar-refractivity contribution is 7.89. The third-order valence-electron chi connectivity index (χ3n) is 4.74. The topological polar surface area (TPSA) is 57.7 Å². The Morgan fingerprint density at radius 2 is 1.33 bits per heavy atom. The van der Waals surface area contributed by atoms with E-state index in [-0.39, 0.29) is 17.3 Å². The van der Waals surface area contributed by atoms with Crippen LogP contribution in [0.25, 0.3) is 0 Å². The van der Waals surface area contributed by atoms with Crippen LogP contribution in [0.5, 0.6) is 0 Å². The van der Waals surface area contributed by atoms with Crippen molar-refractivity contribution in [1.29, 1.82) is 0 Å². The van der Waals surface area contributed by atoms with Crippen molar-refractivity contribution >= 4 is 27.5 Å². The lowest BCUT2D eigenvalue weighted by molar-refractivity contribution is 0.0785. The first kappa shape index (κ1) is 22.0. The zero-order chi connectivity index (χ0) is 21.7. The van der Waals surface area contributed by atoms with Gasteiger partial charge < -0.3 is 4.90 Å². The average molecular weight is 443 g/mol. The van der Waals surface area contributed by atoms with Crippen molar-refractivity contribution in [3.63, 3.8) is 0 Å². The molecular formula is C23H23ClN2O3S. The third-order valence-corrected chi connectivity index (χ3v) is 6.81. The van der Waals surface area contributed by atoms with E-state index in [1.54, 1.807) is 85.7 Å². The van der Waals surface area contributed by atoms with Crippen LogP contribution in [0.4, 0.5) is 0 Å². The Labute approximate surface area is 182 Å². The first-order valence-electron chi connectivity index (χ1n) is 9.37. The number of amides is 1. The molecule has 0 spiro atoms. The first-order valence-corrected chi connectivity index (χ1v) is 11.2. The van der Waals surface area contributed by atoms with Gasteiger partial charge in [-0.2, -0.15) is 4.31 Å². The van der Waals surface area contributed by atoms with E-state index in [4.69, 9.17) is 11.6 Å². The fraction of sp³-hybridized carbons (Fsp3) is 0.174. The molecule has 0 saturated carbocycles. The lowest BCUT2D eigenvalue weighted by atomic mass is 10.1. The van der Waals surface area contributed by atoms with Gasteiger partial charge in [-0.3, -0.25) is 4.79 Å². The molecule has 3 rings (SSSR count). The van der Waals surface area contributed by atoms with Crippen LogP contribution in [0.2, 0.25) is 5.02 Å². The van der Waals surface area contributed by atoms with Crippen LogP contribution in [0.1, 0.15) is 21.5 Å². The molecule has 0 unspecified atom stereocenters. The Balaban J connectivity index is 1.65. The van der Waals surface area contributed by atoms with Crippen molar-refractivity contribution in [2.75, 3.05) is 14.1 Å². The van der Waals surface area contributed by atoms with Gasteiger partial charge in [0.1, 0.15) is 0 Å². The minimum Gasteiger partial charge on any atom is -0.337 e. The van der Waals surface area contributed by atoms with Gasteiger partial charge >= 0.3 is 0 Å². The molecule has 0 aliphatic carbocycles. The summed E-state index contributed by atoms with van der Waals surface area (Å²) in [6, 6.07) is 22.7. The largest absolute Gasteiger partial charge is 0.337 e. The highest BCUT2D eigenvalue weighted by Gasteiger charge is 2.20. The van der Waals surface area contributed by atoms with Gasteiger partial charge in [0.15, 0.2) is 0 Å². The van der Waals surface area contributed by atoms with Crippen molar-refractivity contribution < 1.29 is 13.2 Å². The Kier molecular flexibility index (Phi) is 6.92. The number of benzene rings is 3. The predicted molar refractivity (Wildman–Crippen MR) is 119 cm³/mol. The van der Waals surface area contributed by atoms with Gasteiger partial charge in [0, 0.05) is 37.8 Å². The van der Waals surface area contributed by atoms with E-state index in [0.717, 1.165) is 11.1 Å². The second-order valence-electron chi connectivity index (χ2n) is 7.06. The van der Waals surface area contributed by atoms with Gasteiger partial charge in [0.25, 0.3) is 5.91 Å². The van der Waals surface area contributed by atoms with Gasteiger partial charge in [0.2, 0.25) is 10.0 Å². The Morgan fingerprint density at radius 1 is 0.800 bits per heavy atom. The van der Waals surface area contributed by atoms with Crippen molar-refractivity contribution in [2.45, 2.75) is 18.0 Å². The number of carbonyl (C=O) groups is 1. The number of rotatable bonds is 7. The van der Waals surface area contributed by atoms with Gasteiger partial charge in [-0.25, -0.2) is 8.42 Å². The van der Waals surface area contributed by atoms with Crippen molar-refractivity contribution in [3.05, 3.63) is 101 Å². The lowest BCUT2D eigenvalue weighted by Crippen LogP contribution is -2.27. The molecule has 30 heavy (non-hydrogen) atoms. The van der Waals surface area contributed by atoms with E-state index in [9.17, 15) is 13.2 Å². The molecule has 1 amide bonds. The summed E-state index contributed by atoms with van der Waals surface area (Å²) in [6.45, 7) is 0.683. The Bertz CT molecular complexity index is 1100. The maximum Gasteiger partial charge on any atom is 0.253 e. The Morgan fingerprint density at radius 3 is 1.93 bits per heavy atom. The Hall–Kier alpha value is -2.67. The molecule has 0 bridgehead atoms. The van der Waals surface area contributed by atoms with E-state index in [1.165, 1.54) is 4.31 Å². The number of nitrogens with zero attached hydrogens (tertiary/aromatic N) is 2. The van der Waals surface area contributed by atoms with Crippen molar-refractivity contribution in [3.8, 4) is 0 Å². The van der Waals surface area contributed by atoms with E-state index < -0.39 is 10.0 Å². The number of halogens is 1. The molecule has 5 nitrogen and oxygen atoms in total. The van der Waals surface area contributed by atoms with Gasteiger partial charge in [-0.05, 0) is 47.5 Å². The highest BCUT2D eigenvalue weighted by atomic mass is 35.5. The van der Waals surface area contributed by atoms with Crippen LogP contribution in [-0.4, -0.2) is 37.6 Å². The summed E-state index contributed by atoms with van der Waals surface area (Å²) in [5.74, 6) is -0.109. The zero-order valence-electron chi connectivity index (χ0n) is 16.8. The molecule has 3 aromatic carbocycles. The maximum absolute atomic E-state index is 12.7. The summed E-state index contributed by atoms with van der Waals surface area (Å²) in [6.07, 6.45) is 0. The van der Waals surface area contributed by atoms with Crippen LogP contribution in [0.3, 0.4) is 0 Å². The van der Waals surface area contributed by atoms with E-state index in [2.05, 4.69) is 0 Å². The van der Waals surface area contributed by atoms with Crippen LogP contribution in [0, 0.1) is 0 Å². The quantitative estimate of drug-likeness (QED) is 0.543. The average Bonchev–Trinajstić information content (AvgIpc) is 2.76. The summed E-state index contributed by atoms with van der Waals surface area (Å²) in [4.78, 5) is 14.6. The first-order chi connectivity index (χ1) is 14.3. The molecule has 0 saturated heterocycles. The normalized spacial score (nSPS) is 11.5. The minimum atomic E-state index is -3.57. The van der Waals surface area contributed by atoms with E-state index in [1.807, 2.05) is 12.1 Å². The fourth-order valence-corrected chi connectivity index (χ4v) is 4.33. The summed E-state index contributed by atoms with van der Waals surface area (Å²) in [5, 5.41) is 0.655. The van der Waals surface area contributed by atoms with Gasteiger partial charge in [0.05, 0.1) is 4.90 Å². The van der Waals surface area contributed by atoms with E-state index >= 15 is 0 Å². The number of sulfonamides is 1. The second kappa shape index (κ2) is 9.43. The van der Waals surface area contributed by atoms with Crippen LogP contribution in [0.15, 0.2) is 83.8 Å². The van der Waals surface area contributed by atoms with E-state index in [0.29, 0.717) is 17.1 Å². The maximum atomic E-state index is 12.7. The van der Waals surface area contributed by atoms with Crippen LogP contribution >= 0.6 is 11.6 Å². The smallest absolute Gasteiger partial charge is 0.253 e. The molecule has 0 heterocycles. The van der Waals surface area contributed by atoms with Crippen LogP contribution < -0.4 is 0 Å². The summed E-state index contributed by atoms with van der Waals surface area (Å²) >= 11 is 5.90. The number of carbonyl (C=O) groups excluding carboxylic acids is 1. The second-order valence-corrected chi connectivity index (χ2v) is 9.54. The molecular weight excluding hydrogens is 420 g/mol. The predicted octanol–water partition coefficient (Wildman–Crippen LogP) is 4.43.